The van der Waals surface area contributed by atoms with Crippen LogP contribution in [0.2, 0.25) is 0 Å². The standard InChI is InChI=1S/C22H19N3O3S/c1-25(14-20-23-21(24-28-20)19-11-6-12-29-19)22(26)17-9-5-10-18(13-17)27-15-16-7-3-2-4-8-16/h2-13H,14-15H2,1H3. The van der Waals surface area contributed by atoms with Gasteiger partial charge in [0.05, 0.1) is 11.4 Å². The van der Waals surface area contributed by atoms with E-state index < -0.39 is 0 Å². The molecule has 146 valence electrons. The average molecular weight is 405 g/mol. The van der Waals surface area contributed by atoms with Gasteiger partial charge < -0.3 is 14.2 Å². The van der Waals surface area contributed by atoms with Crippen LogP contribution in [0.4, 0.5) is 0 Å². The normalized spacial score (nSPS) is 10.7. The smallest absolute Gasteiger partial charge is 0.254 e. The minimum Gasteiger partial charge on any atom is -0.489 e. The van der Waals surface area contributed by atoms with Gasteiger partial charge in [-0.15, -0.1) is 11.3 Å². The van der Waals surface area contributed by atoms with Crippen molar-refractivity contribution in [2.45, 2.75) is 13.2 Å². The molecule has 0 unspecified atom stereocenters. The summed E-state index contributed by atoms with van der Waals surface area (Å²) in [5.74, 6) is 1.42. The molecule has 4 rings (SSSR count). The topological polar surface area (TPSA) is 68.5 Å². The van der Waals surface area contributed by atoms with Crippen molar-refractivity contribution in [2.24, 2.45) is 0 Å². The number of benzene rings is 2. The highest BCUT2D eigenvalue weighted by atomic mass is 32.1. The molecule has 0 N–H and O–H groups in total. The molecule has 0 radical (unpaired) electrons. The lowest BCUT2D eigenvalue weighted by Crippen LogP contribution is -2.26. The third-order valence-corrected chi connectivity index (χ3v) is 5.12. The molecule has 0 fully saturated rings. The summed E-state index contributed by atoms with van der Waals surface area (Å²) in [6, 6.07) is 20.9. The number of carbonyl (C=O) groups excluding carboxylic acids is 1. The zero-order valence-electron chi connectivity index (χ0n) is 15.8. The third-order valence-electron chi connectivity index (χ3n) is 4.26. The SMILES string of the molecule is CN(Cc1nc(-c2cccs2)no1)C(=O)c1cccc(OCc2ccccc2)c1. The van der Waals surface area contributed by atoms with Crippen molar-refractivity contribution in [3.63, 3.8) is 0 Å². The molecular weight excluding hydrogens is 386 g/mol. The molecule has 0 saturated heterocycles. The van der Waals surface area contributed by atoms with Gasteiger partial charge >= 0.3 is 0 Å². The molecular formula is C22H19N3O3S. The number of rotatable bonds is 7. The largest absolute Gasteiger partial charge is 0.489 e. The van der Waals surface area contributed by atoms with Crippen molar-refractivity contribution in [3.05, 3.63) is 89.1 Å². The molecule has 29 heavy (non-hydrogen) atoms. The van der Waals surface area contributed by atoms with Crippen molar-refractivity contribution in [3.8, 4) is 16.5 Å². The molecule has 0 saturated carbocycles. The Bertz CT molecular complexity index is 1080. The lowest BCUT2D eigenvalue weighted by Gasteiger charge is -2.15. The second kappa shape index (κ2) is 8.70. The van der Waals surface area contributed by atoms with Crippen molar-refractivity contribution in [1.29, 1.82) is 0 Å². The molecule has 2 aromatic carbocycles. The fourth-order valence-corrected chi connectivity index (χ4v) is 3.43. The lowest BCUT2D eigenvalue weighted by atomic mass is 10.2. The van der Waals surface area contributed by atoms with Crippen LogP contribution in [0, 0.1) is 0 Å². The van der Waals surface area contributed by atoms with Crippen LogP contribution in [0.5, 0.6) is 5.75 Å². The summed E-state index contributed by atoms with van der Waals surface area (Å²) < 4.78 is 11.1. The number of amides is 1. The second-order valence-corrected chi connectivity index (χ2v) is 7.40. The van der Waals surface area contributed by atoms with E-state index in [0.29, 0.717) is 29.6 Å². The summed E-state index contributed by atoms with van der Waals surface area (Å²) in [6.45, 7) is 0.675. The summed E-state index contributed by atoms with van der Waals surface area (Å²) in [4.78, 5) is 19.6. The maximum atomic E-state index is 12.8. The molecule has 0 bridgehead atoms. The molecule has 4 aromatic rings. The maximum absolute atomic E-state index is 12.8. The number of hydrogen-bond donors (Lipinski definition) is 0. The van der Waals surface area contributed by atoms with Gasteiger partial charge in [-0.3, -0.25) is 4.79 Å². The molecule has 2 heterocycles. The summed E-state index contributed by atoms with van der Waals surface area (Å²) in [7, 11) is 1.70. The summed E-state index contributed by atoms with van der Waals surface area (Å²) in [5, 5.41) is 5.93. The predicted octanol–water partition coefficient (Wildman–Crippen LogP) is 4.65. The Balaban J connectivity index is 1.39. The highest BCUT2D eigenvalue weighted by Crippen LogP contribution is 2.22. The second-order valence-electron chi connectivity index (χ2n) is 6.45. The third kappa shape index (κ3) is 4.70. The Morgan fingerprint density at radius 1 is 1.10 bits per heavy atom. The summed E-state index contributed by atoms with van der Waals surface area (Å²) in [5.41, 5.74) is 1.61. The Kier molecular flexibility index (Phi) is 5.67. The van der Waals surface area contributed by atoms with E-state index in [1.807, 2.05) is 60.0 Å². The minimum atomic E-state index is -0.147. The van der Waals surface area contributed by atoms with E-state index in [2.05, 4.69) is 10.1 Å². The number of aromatic nitrogens is 2. The van der Waals surface area contributed by atoms with Gasteiger partial charge in [0.15, 0.2) is 0 Å². The van der Waals surface area contributed by atoms with Crippen LogP contribution in [0.25, 0.3) is 10.7 Å². The highest BCUT2D eigenvalue weighted by Gasteiger charge is 2.17. The van der Waals surface area contributed by atoms with Crippen molar-refractivity contribution in [2.75, 3.05) is 7.05 Å². The van der Waals surface area contributed by atoms with Gasteiger partial charge in [0.1, 0.15) is 12.4 Å². The summed E-state index contributed by atoms with van der Waals surface area (Å²) >= 11 is 1.54. The van der Waals surface area contributed by atoms with Crippen molar-refractivity contribution in [1.82, 2.24) is 15.0 Å². The first-order valence-electron chi connectivity index (χ1n) is 9.08. The van der Waals surface area contributed by atoms with Crippen molar-refractivity contribution < 1.29 is 14.1 Å². The van der Waals surface area contributed by atoms with Gasteiger partial charge in [0, 0.05) is 12.6 Å². The lowest BCUT2D eigenvalue weighted by molar-refractivity contribution is 0.0769. The van der Waals surface area contributed by atoms with E-state index in [-0.39, 0.29) is 12.5 Å². The van der Waals surface area contributed by atoms with Crippen LogP contribution in [-0.4, -0.2) is 28.0 Å². The van der Waals surface area contributed by atoms with Gasteiger partial charge in [-0.1, -0.05) is 47.6 Å². The maximum Gasteiger partial charge on any atom is 0.254 e. The van der Waals surface area contributed by atoms with Gasteiger partial charge in [-0.2, -0.15) is 4.98 Å². The van der Waals surface area contributed by atoms with E-state index in [1.54, 1.807) is 24.1 Å². The zero-order chi connectivity index (χ0) is 20.1. The first-order chi connectivity index (χ1) is 14.2. The van der Waals surface area contributed by atoms with Crippen LogP contribution in [0.1, 0.15) is 21.8 Å². The minimum absolute atomic E-state index is 0.147. The van der Waals surface area contributed by atoms with Gasteiger partial charge in [0.2, 0.25) is 11.7 Å². The number of carbonyl (C=O) groups is 1. The van der Waals surface area contributed by atoms with Crippen LogP contribution < -0.4 is 4.74 Å². The number of hydrogen-bond acceptors (Lipinski definition) is 6. The number of nitrogens with zero attached hydrogens (tertiary/aromatic N) is 3. The molecule has 0 aliphatic rings. The molecule has 7 heteroatoms. The Labute approximate surface area is 172 Å². The monoisotopic (exact) mass is 405 g/mol. The van der Waals surface area contributed by atoms with E-state index in [4.69, 9.17) is 9.26 Å². The van der Waals surface area contributed by atoms with Crippen LogP contribution in [0.3, 0.4) is 0 Å². The highest BCUT2D eigenvalue weighted by molar-refractivity contribution is 7.13. The number of thiophene rings is 1. The van der Waals surface area contributed by atoms with E-state index >= 15 is 0 Å². The Morgan fingerprint density at radius 2 is 1.97 bits per heavy atom. The summed E-state index contributed by atoms with van der Waals surface area (Å²) in [6.07, 6.45) is 0. The Morgan fingerprint density at radius 3 is 2.76 bits per heavy atom. The van der Waals surface area contributed by atoms with Gasteiger partial charge in [-0.05, 0) is 35.2 Å². The molecule has 2 aromatic heterocycles. The predicted molar refractivity (Wildman–Crippen MR) is 111 cm³/mol. The Hall–Kier alpha value is -3.45. The molecule has 6 nitrogen and oxygen atoms in total. The fraction of sp³-hybridized carbons (Fsp3) is 0.136. The van der Waals surface area contributed by atoms with Crippen LogP contribution >= 0.6 is 11.3 Å². The molecule has 1 amide bonds. The van der Waals surface area contributed by atoms with Gasteiger partial charge in [-0.25, -0.2) is 0 Å². The van der Waals surface area contributed by atoms with Crippen molar-refractivity contribution >= 4 is 17.2 Å². The van der Waals surface area contributed by atoms with Crippen LogP contribution in [0.15, 0.2) is 76.6 Å². The van der Waals surface area contributed by atoms with E-state index in [1.165, 1.54) is 11.3 Å². The molecule has 0 atom stereocenters. The molecule has 0 spiro atoms. The average Bonchev–Trinajstić information content (AvgIpc) is 3.44. The fourth-order valence-electron chi connectivity index (χ4n) is 2.78. The molecule has 0 aliphatic heterocycles. The quantitative estimate of drug-likeness (QED) is 0.448. The van der Waals surface area contributed by atoms with Crippen LogP contribution in [-0.2, 0) is 13.2 Å². The first kappa shape index (κ1) is 18.9. The zero-order valence-corrected chi connectivity index (χ0v) is 16.6. The number of ether oxygens (including phenoxy) is 1. The molecule has 0 aliphatic carbocycles. The first-order valence-corrected chi connectivity index (χ1v) is 9.96. The van der Waals surface area contributed by atoms with Gasteiger partial charge in [0.25, 0.3) is 5.91 Å². The van der Waals surface area contributed by atoms with E-state index in [0.717, 1.165) is 10.4 Å². The van der Waals surface area contributed by atoms with E-state index in [9.17, 15) is 4.79 Å².